The van der Waals surface area contributed by atoms with Crippen molar-refractivity contribution in [2.75, 3.05) is 0 Å². The summed E-state index contributed by atoms with van der Waals surface area (Å²) >= 11 is 1.44. The fourth-order valence-electron chi connectivity index (χ4n) is 4.31. The summed E-state index contributed by atoms with van der Waals surface area (Å²) in [6.45, 7) is 6.97. The van der Waals surface area contributed by atoms with Gasteiger partial charge in [-0.3, -0.25) is 18.6 Å². The number of fused-ring (bicyclic) bond motifs is 3. The summed E-state index contributed by atoms with van der Waals surface area (Å²) in [4.78, 5) is 25.4. The van der Waals surface area contributed by atoms with Crippen molar-refractivity contribution in [1.29, 1.82) is 0 Å². The SMILES string of the molecule is CC(C)Cn1c(=O)c2sccc2n2c(CCC(=O)N[C@H]3CCCC[C@@H]3C)nnc12. The lowest BCUT2D eigenvalue weighted by molar-refractivity contribution is -0.122. The molecule has 3 aromatic heterocycles. The first-order valence-corrected chi connectivity index (χ1v) is 11.5. The molecule has 0 saturated heterocycles. The predicted octanol–water partition coefficient (Wildman–Crippen LogP) is 3.39. The first kappa shape index (κ1) is 20.1. The lowest BCUT2D eigenvalue weighted by atomic mass is 9.86. The number of carbonyl (C=O) groups is 1. The van der Waals surface area contributed by atoms with Gasteiger partial charge in [0.15, 0.2) is 0 Å². The molecule has 8 heteroatoms. The van der Waals surface area contributed by atoms with Crippen LogP contribution in [0.15, 0.2) is 16.2 Å². The lowest BCUT2D eigenvalue weighted by Crippen LogP contribution is -2.41. The summed E-state index contributed by atoms with van der Waals surface area (Å²) < 4.78 is 4.37. The second-order valence-corrected chi connectivity index (χ2v) is 9.55. The third-order valence-corrected chi connectivity index (χ3v) is 6.75. The van der Waals surface area contributed by atoms with Crippen molar-refractivity contribution in [3.05, 3.63) is 27.6 Å². The van der Waals surface area contributed by atoms with Crippen LogP contribution in [0.3, 0.4) is 0 Å². The molecule has 3 heterocycles. The highest BCUT2D eigenvalue weighted by Gasteiger charge is 2.23. The normalized spacial score (nSPS) is 20.0. The monoisotopic (exact) mass is 415 g/mol. The Bertz CT molecular complexity index is 1080. The quantitative estimate of drug-likeness (QED) is 0.669. The van der Waals surface area contributed by atoms with Crippen molar-refractivity contribution in [2.45, 2.75) is 71.9 Å². The van der Waals surface area contributed by atoms with E-state index in [1.807, 2.05) is 15.8 Å². The molecular weight excluding hydrogens is 386 g/mol. The topological polar surface area (TPSA) is 81.3 Å². The zero-order valence-electron chi connectivity index (χ0n) is 17.4. The van der Waals surface area contributed by atoms with Crippen LogP contribution < -0.4 is 10.9 Å². The van der Waals surface area contributed by atoms with Crippen LogP contribution in [0.1, 0.15) is 58.7 Å². The van der Waals surface area contributed by atoms with Gasteiger partial charge in [-0.1, -0.05) is 33.6 Å². The molecule has 29 heavy (non-hydrogen) atoms. The summed E-state index contributed by atoms with van der Waals surface area (Å²) in [5, 5.41) is 13.8. The fourth-order valence-corrected chi connectivity index (χ4v) is 5.13. The van der Waals surface area contributed by atoms with E-state index in [1.165, 1.54) is 30.6 Å². The molecule has 3 aromatic rings. The van der Waals surface area contributed by atoms with Crippen molar-refractivity contribution in [3.8, 4) is 0 Å². The van der Waals surface area contributed by atoms with Crippen LogP contribution in [0.25, 0.3) is 16.0 Å². The summed E-state index contributed by atoms with van der Waals surface area (Å²) in [5.41, 5.74) is 0.815. The molecule has 0 aliphatic heterocycles. The van der Waals surface area contributed by atoms with Crippen LogP contribution in [0.5, 0.6) is 0 Å². The molecule has 0 spiro atoms. The second-order valence-electron chi connectivity index (χ2n) is 8.63. The molecule has 1 amide bonds. The molecule has 1 aliphatic rings. The Kier molecular flexibility index (Phi) is 5.72. The number of carbonyl (C=O) groups excluding carboxylic acids is 1. The van der Waals surface area contributed by atoms with E-state index in [-0.39, 0.29) is 17.5 Å². The lowest BCUT2D eigenvalue weighted by Gasteiger charge is -2.29. The molecule has 0 aromatic carbocycles. The van der Waals surface area contributed by atoms with Crippen molar-refractivity contribution in [1.82, 2.24) is 24.5 Å². The summed E-state index contributed by atoms with van der Waals surface area (Å²) in [5.74, 6) is 2.21. The van der Waals surface area contributed by atoms with E-state index in [2.05, 4.69) is 36.3 Å². The third kappa shape index (κ3) is 3.95. The van der Waals surface area contributed by atoms with E-state index in [0.29, 0.717) is 41.7 Å². The third-order valence-electron chi connectivity index (χ3n) is 5.86. The molecule has 1 saturated carbocycles. The Morgan fingerprint density at radius 1 is 1.31 bits per heavy atom. The maximum Gasteiger partial charge on any atom is 0.272 e. The molecule has 0 bridgehead atoms. The van der Waals surface area contributed by atoms with E-state index in [0.717, 1.165) is 17.8 Å². The molecule has 1 aliphatic carbocycles. The van der Waals surface area contributed by atoms with Crippen molar-refractivity contribution < 1.29 is 4.79 Å². The highest BCUT2D eigenvalue weighted by Crippen LogP contribution is 2.24. The molecule has 7 nitrogen and oxygen atoms in total. The number of thiophene rings is 1. The van der Waals surface area contributed by atoms with Crippen LogP contribution in [-0.4, -0.2) is 31.1 Å². The molecule has 0 radical (unpaired) electrons. The van der Waals surface area contributed by atoms with Gasteiger partial charge in [-0.25, -0.2) is 0 Å². The molecule has 1 fully saturated rings. The maximum atomic E-state index is 12.9. The Morgan fingerprint density at radius 3 is 2.86 bits per heavy atom. The number of nitrogens with zero attached hydrogens (tertiary/aromatic N) is 4. The number of aromatic nitrogens is 4. The van der Waals surface area contributed by atoms with Gasteiger partial charge in [-0.05, 0) is 36.1 Å². The second kappa shape index (κ2) is 8.26. The molecule has 4 rings (SSSR count). The minimum atomic E-state index is -0.0146. The summed E-state index contributed by atoms with van der Waals surface area (Å²) in [7, 11) is 0. The Balaban J connectivity index is 1.59. The molecular formula is C21H29N5O2S. The van der Waals surface area contributed by atoms with Crippen molar-refractivity contribution in [2.24, 2.45) is 11.8 Å². The smallest absolute Gasteiger partial charge is 0.272 e. The first-order valence-electron chi connectivity index (χ1n) is 10.6. The Hall–Kier alpha value is -2.22. The van der Waals surface area contributed by atoms with E-state index >= 15 is 0 Å². The Labute approximate surface area is 174 Å². The van der Waals surface area contributed by atoms with Gasteiger partial charge in [0.25, 0.3) is 5.56 Å². The number of amides is 1. The molecule has 1 N–H and O–H groups in total. The van der Waals surface area contributed by atoms with Crippen molar-refractivity contribution in [3.63, 3.8) is 0 Å². The van der Waals surface area contributed by atoms with Crippen LogP contribution >= 0.6 is 11.3 Å². The van der Waals surface area contributed by atoms with Crippen molar-refractivity contribution >= 4 is 33.2 Å². The van der Waals surface area contributed by atoms with E-state index in [1.54, 1.807) is 4.57 Å². The first-order chi connectivity index (χ1) is 14.0. The summed E-state index contributed by atoms with van der Waals surface area (Å²) in [6.07, 6.45) is 5.57. The highest BCUT2D eigenvalue weighted by atomic mass is 32.1. The molecule has 0 unspecified atom stereocenters. The zero-order chi connectivity index (χ0) is 20.5. The van der Waals surface area contributed by atoms with Crippen LogP contribution in [0, 0.1) is 11.8 Å². The minimum absolute atomic E-state index is 0.0146. The maximum absolute atomic E-state index is 12.9. The van der Waals surface area contributed by atoms with Gasteiger partial charge in [-0.2, -0.15) is 0 Å². The fraction of sp³-hybridized carbons (Fsp3) is 0.619. The van der Waals surface area contributed by atoms with Crippen LogP contribution in [0.4, 0.5) is 0 Å². The number of nitrogens with one attached hydrogen (secondary N) is 1. The molecule has 2 atom stereocenters. The van der Waals surface area contributed by atoms with Gasteiger partial charge >= 0.3 is 0 Å². The number of rotatable bonds is 6. The van der Waals surface area contributed by atoms with Gasteiger partial charge in [0.2, 0.25) is 11.7 Å². The number of hydrogen-bond acceptors (Lipinski definition) is 5. The van der Waals surface area contributed by atoms with Crippen LogP contribution in [0.2, 0.25) is 0 Å². The van der Waals surface area contributed by atoms with Gasteiger partial charge in [0, 0.05) is 25.4 Å². The standard InChI is InChI=1S/C21H29N5O2S/c1-13(2)12-25-20(28)19-16(10-11-29-19)26-17(23-24-21(25)26)8-9-18(27)22-15-7-5-4-6-14(15)3/h10-11,13-15H,4-9,12H2,1-3H3,(H,22,27)/t14-,15-/m0/s1. The van der Waals surface area contributed by atoms with Crippen LogP contribution in [-0.2, 0) is 17.8 Å². The van der Waals surface area contributed by atoms with Gasteiger partial charge in [0.1, 0.15) is 10.5 Å². The van der Waals surface area contributed by atoms with E-state index < -0.39 is 0 Å². The predicted molar refractivity (Wildman–Crippen MR) is 115 cm³/mol. The average Bonchev–Trinajstić information content (AvgIpc) is 3.32. The van der Waals surface area contributed by atoms with Gasteiger partial charge in [0.05, 0.1) is 5.52 Å². The number of hydrogen-bond donors (Lipinski definition) is 1. The highest BCUT2D eigenvalue weighted by molar-refractivity contribution is 7.17. The minimum Gasteiger partial charge on any atom is -0.353 e. The Morgan fingerprint density at radius 2 is 2.10 bits per heavy atom. The summed E-state index contributed by atoms with van der Waals surface area (Å²) in [6, 6.07) is 2.22. The zero-order valence-corrected chi connectivity index (χ0v) is 18.2. The van der Waals surface area contributed by atoms with Gasteiger partial charge < -0.3 is 5.32 Å². The number of aryl methyl sites for hydroxylation is 1. The van der Waals surface area contributed by atoms with E-state index in [9.17, 15) is 9.59 Å². The largest absolute Gasteiger partial charge is 0.353 e. The average molecular weight is 416 g/mol. The van der Waals surface area contributed by atoms with E-state index in [4.69, 9.17) is 0 Å². The molecule has 156 valence electrons. The van der Waals surface area contributed by atoms with Gasteiger partial charge in [-0.15, -0.1) is 21.5 Å².